The summed E-state index contributed by atoms with van der Waals surface area (Å²) in [7, 11) is 0. The molecule has 6 nitrogen and oxygen atoms in total. The lowest BCUT2D eigenvalue weighted by molar-refractivity contribution is -0.119. The van der Waals surface area contributed by atoms with Crippen LogP contribution in [-0.4, -0.2) is 26.0 Å². The summed E-state index contributed by atoms with van der Waals surface area (Å²) in [6.45, 7) is 0. The van der Waals surface area contributed by atoms with Crippen molar-refractivity contribution < 1.29 is 4.79 Å². The molecule has 5 aromatic rings. The van der Waals surface area contributed by atoms with Gasteiger partial charge in [0.1, 0.15) is 11.0 Å². The van der Waals surface area contributed by atoms with Crippen LogP contribution < -0.4 is 10.6 Å². The molecule has 0 saturated carbocycles. The van der Waals surface area contributed by atoms with Gasteiger partial charge < -0.3 is 10.6 Å². The standard InChI is InChI=1S/C25H19N5OS/c31-24(15-17-7-2-1-3-8-17)27-25(32)26-19-13-14-21-22(16-19)29-30(28-21)23-12-6-10-18-9-4-5-11-20(18)23/h1-14,16H,15H2,(H2,26,27,31,32). The number of carbonyl (C=O) groups is 1. The summed E-state index contributed by atoms with van der Waals surface area (Å²) in [5.41, 5.74) is 4.06. The van der Waals surface area contributed by atoms with Crippen LogP contribution >= 0.6 is 12.2 Å². The smallest absolute Gasteiger partial charge is 0.230 e. The number of hydrogen-bond acceptors (Lipinski definition) is 4. The maximum absolute atomic E-state index is 12.2. The number of nitrogens with one attached hydrogen (secondary N) is 2. The number of amides is 1. The van der Waals surface area contributed by atoms with Crippen LogP contribution in [0, 0.1) is 0 Å². The minimum atomic E-state index is -0.170. The van der Waals surface area contributed by atoms with E-state index in [-0.39, 0.29) is 17.4 Å². The molecule has 2 N–H and O–H groups in total. The maximum atomic E-state index is 12.2. The minimum Gasteiger partial charge on any atom is -0.332 e. The van der Waals surface area contributed by atoms with Crippen LogP contribution in [0.3, 0.4) is 0 Å². The number of carbonyl (C=O) groups excluding carboxylic acids is 1. The van der Waals surface area contributed by atoms with E-state index in [4.69, 9.17) is 12.2 Å². The third-order valence-corrected chi connectivity index (χ3v) is 5.28. The van der Waals surface area contributed by atoms with Gasteiger partial charge in [-0.15, -0.1) is 15.0 Å². The Morgan fingerprint density at radius 3 is 2.47 bits per heavy atom. The van der Waals surface area contributed by atoms with Crippen LogP contribution in [0.15, 0.2) is 91.0 Å². The fourth-order valence-corrected chi connectivity index (χ4v) is 3.83. The third kappa shape index (κ3) is 4.19. The third-order valence-electron chi connectivity index (χ3n) is 5.08. The molecule has 0 spiro atoms. The molecule has 0 fully saturated rings. The molecule has 0 unspecified atom stereocenters. The van der Waals surface area contributed by atoms with Crippen LogP contribution in [0.1, 0.15) is 5.56 Å². The van der Waals surface area contributed by atoms with Crippen molar-refractivity contribution in [3.63, 3.8) is 0 Å². The van der Waals surface area contributed by atoms with Crippen molar-refractivity contribution in [3.8, 4) is 5.69 Å². The highest BCUT2D eigenvalue weighted by Crippen LogP contribution is 2.23. The van der Waals surface area contributed by atoms with Crippen LogP contribution in [0.4, 0.5) is 5.69 Å². The molecule has 156 valence electrons. The number of anilines is 1. The number of aromatic nitrogens is 3. The molecule has 0 atom stereocenters. The molecule has 0 aliphatic heterocycles. The van der Waals surface area contributed by atoms with Gasteiger partial charge in [0.05, 0.1) is 12.1 Å². The van der Waals surface area contributed by atoms with E-state index in [2.05, 4.69) is 39.0 Å². The number of hydrogen-bond donors (Lipinski definition) is 2. The number of thiocarbonyl (C=S) groups is 1. The highest BCUT2D eigenvalue weighted by Gasteiger charge is 2.10. The monoisotopic (exact) mass is 437 g/mol. The first-order valence-electron chi connectivity index (χ1n) is 10.2. The highest BCUT2D eigenvalue weighted by atomic mass is 32.1. The van der Waals surface area contributed by atoms with Crippen molar-refractivity contribution in [1.29, 1.82) is 0 Å². The Balaban J connectivity index is 1.33. The van der Waals surface area contributed by atoms with Gasteiger partial charge >= 0.3 is 0 Å². The number of fused-ring (bicyclic) bond motifs is 2. The van der Waals surface area contributed by atoms with E-state index in [1.807, 2.05) is 72.8 Å². The molecule has 32 heavy (non-hydrogen) atoms. The second-order valence-corrected chi connectivity index (χ2v) is 7.76. The zero-order chi connectivity index (χ0) is 21.9. The molecule has 0 saturated heterocycles. The summed E-state index contributed by atoms with van der Waals surface area (Å²) < 4.78 is 0. The molecule has 7 heteroatoms. The summed E-state index contributed by atoms with van der Waals surface area (Å²) >= 11 is 5.30. The minimum absolute atomic E-state index is 0.170. The summed E-state index contributed by atoms with van der Waals surface area (Å²) in [5.74, 6) is -0.170. The van der Waals surface area contributed by atoms with E-state index in [1.165, 1.54) is 0 Å². The van der Waals surface area contributed by atoms with Crippen LogP contribution in [-0.2, 0) is 11.2 Å². The maximum Gasteiger partial charge on any atom is 0.230 e. The lowest BCUT2D eigenvalue weighted by Gasteiger charge is -2.09. The fourth-order valence-electron chi connectivity index (χ4n) is 3.60. The van der Waals surface area contributed by atoms with Gasteiger partial charge in [-0.2, -0.15) is 0 Å². The molecule has 0 bridgehead atoms. The van der Waals surface area contributed by atoms with Gasteiger partial charge in [-0.3, -0.25) is 4.79 Å². The molecule has 0 radical (unpaired) electrons. The first-order valence-corrected chi connectivity index (χ1v) is 10.6. The summed E-state index contributed by atoms with van der Waals surface area (Å²) in [4.78, 5) is 13.9. The predicted octanol–water partition coefficient (Wildman–Crippen LogP) is 4.63. The Morgan fingerprint density at radius 2 is 1.59 bits per heavy atom. The number of benzene rings is 4. The quantitative estimate of drug-likeness (QED) is 0.401. The lowest BCUT2D eigenvalue weighted by Crippen LogP contribution is -2.35. The average Bonchev–Trinajstić information content (AvgIpc) is 3.22. The fraction of sp³-hybridized carbons (Fsp3) is 0.0400. The zero-order valence-corrected chi connectivity index (χ0v) is 17.8. The molecule has 0 aliphatic rings. The van der Waals surface area contributed by atoms with Crippen molar-refractivity contribution in [2.75, 3.05) is 5.32 Å². The summed E-state index contributed by atoms with van der Waals surface area (Å²) in [6.07, 6.45) is 0.265. The SMILES string of the molecule is O=C(Cc1ccccc1)NC(=S)Nc1ccc2nn(-c3cccc4ccccc34)nc2c1. The summed E-state index contributed by atoms with van der Waals surface area (Å²) in [6, 6.07) is 29.3. The number of rotatable bonds is 4. The van der Waals surface area contributed by atoms with Gasteiger partial charge in [0.2, 0.25) is 5.91 Å². The van der Waals surface area contributed by atoms with Gasteiger partial charge in [-0.1, -0.05) is 66.7 Å². The van der Waals surface area contributed by atoms with E-state index < -0.39 is 0 Å². The average molecular weight is 438 g/mol. The largest absolute Gasteiger partial charge is 0.332 e. The van der Waals surface area contributed by atoms with Crippen molar-refractivity contribution in [2.45, 2.75) is 6.42 Å². The molecule has 5 rings (SSSR count). The van der Waals surface area contributed by atoms with Crippen molar-refractivity contribution >= 4 is 50.7 Å². The second-order valence-electron chi connectivity index (χ2n) is 7.36. The Morgan fingerprint density at radius 1 is 0.844 bits per heavy atom. The van der Waals surface area contributed by atoms with Crippen molar-refractivity contribution in [1.82, 2.24) is 20.3 Å². The van der Waals surface area contributed by atoms with E-state index in [1.54, 1.807) is 4.80 Å². The molecule has 4 aromatic carbocycles. The van der Waals surface area contributed by atoms with E-state index in [0.29, 0.717) is 0 Å². The number of nitrogens with zero attached hydrogens (tertiary/aromatic N) is 3. The Kier molecular flexibility index (Phi) is 5.31. The van der Waals surface area contributed by atoms with Gasteiger partial charge in [0.15, 0.2) is 5.11 Å². The van der Waals surface area contributed by atoms with Gasteiger partial charge in [-0.05, 0) is 47.4 Å². The Labute approximate surface area is 189 Å². The van der Waals surface area contributed by atoms with E-state index >= 15 is 0 Å². The molecule has 1 amide bonds. The van der Waals surface area contributed by atoms with Gasteiger partial charge in [0.25, 0.3) is 0 Å². The molecular formula is C25H19N5OS. The van der Waals surface area contributed by atoms with E-state index in [9.17, 15) is 4.79 Å². The molecular weight excluding hydrogens is 418 g/mol. The molecule has 0 aliphatic carbocycles. The highest BCUT2D eigenvalue weighted by molar-refractivity contribution is 7.80. The normalized spacial score (nSPS) is 10.9. The van der Waals surface area contributed by atoms with Crippen LogP contribution in [0.5, 0.6) is 0 Å². The first-order chi connectivity index (χ1) is 15.7. The first kappa shape index (κ1) is 19.8. The van der Waals surface area contributed by atoms with E-state index in [0.717, 1.165) is 38.7 Å². The lowest BCUT2D eigenvalue weighted by atomic mass is 10.1. The van der Waals surface area contributed by atoms with Gasteiger partial charge in [0, 0.05) is 11.1 Å². The molecule has 1 heterocycles. The van der Waals surface area contributed by atoms with Crippen molar-refractivity contribution in [2.24, 2.45) is 0 Å². The Hall–Kier alpha value is -4.10. The second kappa shape index (κ2) is 8.56. The zero-order valence-electron chi connectivity index (χ0n) is 17.0. The van der Waals surface area contributed by atoms with Crippen molar-refractivity contribution in [3.05, 3.63) is 96.6 Å². The van der Waals surface area contributed by atoms with Crippen LogP contribution in [0.2, 0.25) is 0 Å². The topological polar surface area (TPSA) is 71.8 Å². The Bertz CT molecular complexity index is 1440. The molecule has 1 aromatic heterocycles. The van der Waals surface area contributed by atoms with Crippen LogP contribution in [0.25, 0.3) is 27.5 Å². The predicted molar refractivity (Wildman–Crippen MR) is 131 cm³/mol. The summed E-state index contributed by atoms with van der Waals surface area (Å²) in [5, 5.41) is 17.5. The van der Waals surface area contributed by atoms with Gasteiger partial charge in [-0.25, -0.2) is 0 Å².